The normalized spacial score (nSPS) is 45.3. The fourth-order valence-electron chi connectivity index (χ4n) is 9.23. The van der Waals surface area contributed by atoms with Gasteiger partial charge in [0.25, 0.3) is 0 Å². The Morgan fingerprint density at radius 2 is 1.91 bits per heavy atom. The highest BCUT2D eigenvalue weighted by Gasteiger charge is 2.58. The molecule has 6 rings (SSSR count). The zero-order chi connectivity index (χ0) is 31.3. The van der Waals surface area contributed by atoms with Crippen molar-refractivity contribution in [2.75, 3.05) is 32.0 Å². The molecule has 3 N–H and O–H groups in total. The fourth-order valence-corrected chi connectivity index (χ4v) is 10.5. The summed E-state index contributed by atoms with van der Waals surface area (Å²) in [5.41, 5.74) is 0. The molecule has 44 heavy (non-hydrogen) atoms. The number of hydrogen-bond acceptors (Lipinski definition) is 7. The van der Waals surface area contributed by atoms with Gasteiger partial charge >= 0.3 is 6.03 Å². The molecule has 6 aliphatic rings. The number of rotatable bonds is 3. The molecule has 2 bridgehead atoms. The summed E-state index contributed by atoms with van der Waals surface area (Å²) in [5, 5.41) is 10.9. The van der Waals surface area contributed by atoms with Gasteiger partial charge in [-0.25, -0.2) is 13.6 Å². The summed E-state index contributed by atoms with van der Waals surface area (Å²) in [7, 11) is 0. The molecule has 1 saturated carbocycles. The number of urea groups is 1. The molecule has 0 aromatic carbocycles. The molecule has 11 unspecified atom stereocenters. The molecule has 248 valence electrons. The van der Waals surface area contributed by atoms with Crippen LogP contribution in [0, 0.1) is 17.8 Å². The van der Waals surface area contributed by atoms with E-state index in [1.165, 1.54) is 6.08 Å². The monoisotopic (exact) mass is 638 g/mol. The standard InChI is InChI=1S/C32H52F2N6O3S/c1-6-25(41)38-12-13-39(19(5)18(38)4)30-20-16-22(34)28-26-21(33)8-7-9-23(26)43-14-15-44-24-10-11-35-27(17(2)3)29(24)40(31(20)36-28)32(42)37-30/h6,17-24,26-31,35-36H,1,7-16H2,2-5H3,(H,37,42)/t18-,19+,20?,21?,22?,23?,24?,26?,27?,28?,29?,30?,31?/m1/s1. The molecule has 5 aliphatic heterocycles. The number of alkyl halides is 2. The number of piperazine rings is 1. The highest BCUT2D eigenvalue weighted by Crippen LogP contribution is 2.43. The Kier molecular flexibility index (Phi) is 9.84. The molecule has 0 radical (unpaired) electrons. The van der Waals surface area contributed by atoms with E-state index in [9.17, 15) is 9.59 Å². The van der Waals surface area contributed by atoms with Crippen molar-refractivity contribution in [2.24, 2.45) is 17.8 Å². The molecule has 12 heteroatoms. The lowest BCUT2D eigenvalue weighted by atomic mass is 9.73. The predicted octanol–water partition coefficient (Wildman–Crippen LogP) is 3.11. The van der Waals surface area contributed by atoms with Crippen LogP contribution in [0.3, 0.4) is 0 Å². The molecule has 9 nitrogen and oxygen atoms in total. The van der Waals surface area contributed by atoms with Gasteiger partial charge in [0.1, 0.15) is 12.3 Å². The third-order valence-electron chi connectivity index (χ3n) is 11.6. The van der Waals surface area contributed by atoms with E-state index in [1.807, 2.05) is 28.5 Å². The molecule has 0 spiro atoms. The van der Waals surface area contributed by atoms with Crippen molar-refractivity contribution in [2.45, 2.75) is 126 Å². The molecule has 13 atom stereocenters. The minimum absolute atomic E-state index is 0.0686. The Balaban J connectivity index is 1.38. The maximum absolute atomic E-state index is 16.6. The van der Waals surface area contributed by atoms with E-state index in [0.717, 1.165) is 31.6 Å². The smallest absolute Gasteiger partial charge is 0.320 e. The number of carbonyl (C=O) groups is 2. The predicted molar refractivity (Wildman–Crippen MR) is 169 cm³/mol. The number of piperidine rings is 2. The van der Waals surface area contributed by atoms with Crippen LogP contribution in [0.25, 0.3) is 0 Å². The third-order valence-corrected chi connectivity index (χ3v) is 12.9. The maximum Gasteiger partial charge on any atom is 0.320 e. The average molecular weight is 639 g/mol. The van der Waals surface area contributed by atoms with Crippen LogP contribution in [0.4, 0.5) is 13.6 Å². The van der Waals surface area contributed by atoms with E-state index in [-0.39, 0.29) is 65.7 Å². The molecular weight excluding hydrogens is 586 g/mol. The molecule has 1 aliphatic carbocycles. The summed E-state index contributed by atoms with van der Waals surface area (Å²) in [6, 6.07) is -1.11. The van der Waals surface area contributed by atoms with E-state index in [1.54, 1.807) is 0 Å². The molecule has 0 aromatic heterocycles. The second-order valence-electron chi connectivity index (χ2n) is 14.2. The van der Waals surface area contributed by atoms with Gasteiger partial charge in [0, 0.05) is 60.1 Å². The first-order valence-corrected chi connectivity index (χ1v) is 18.0. The number of thioether (sulfide) groups is 1. The third kappa shape index (κ3) is 5.80. The topological polar surface area (TPSA) is 89.2 Å². The van der Waals surface area contributed by atoms with Crippen LogP contribution in [-0.2, 0) is 9.53 Å². The van der Waals surface area contributed by atoms with E-state index in [0.29, 0.717) is 26.1 Å². The van der Waals surface area contributed by atoms with Crippen LogP contribution in [0.5, 0.6) is 0 Å². The summed E-state index contributed by atoms with van der Waals surface area (Å²) < 4.78 is 38.7. The van der Waals surface area contributed by atoms with Gasteiger partial charge in [-0.2, -0.15) is 11.8 Å². The van der Waals surface area contributed by atoms with Crippen LogP contribution in [0.15, 0.2) is 12.7 Å². The van der Waals surface area contributed by atoms with Gasteiger partial charge in [0.05, 0.1) is 31.1 Å². The summed E-state index contributed by atoms with van der Waals surface area (Å²) in [4.78, 5) is 33.1. The van der Waals surface area contributed by atoms with E-state index in [4.69, 9.17) is 4.74 Å². The first kappa shape index (κ1) is 32.5. The molecule has 3 amide bonds. The number of amides is 3. The number of halogens is 2. The molecule has 6 fully saturated rings. The van der Waals surface area contributed by atoms with Crippen molar-refractivity contribution in [1.82, 2.24) is 30.7 Å². The lowest BCUT2D eigenvalue weighted by Crippen LogP contribution is -2.80. The minimum Gasteiger partial charge on any atom is -0.377 e. The van der Waals surface area contributed by atoms with Crippen molar-refractivity contribution >= 4 is 23.7 Å². The Morgan fingerprint density at radius 3 is 2.66 bits per heavy atom. The number of hydrogen-bond donors (Lipinski definition) is 3. The van der Waals surface area contributed by atoms with Gasteiger partial charge < -0.3 is 25.2 Å². The van der Waals surface area contributed by atoms with Crippen LogP contribution >= 0.6 is 11.8 Å². The number of nitrogens with zero attached hydrogens (tertiary/aromatic N) is 3. The van der Waals surface area contributed by atoms with Crippen molar-refractivity contribution in [3.05, 3.63) is 12.7 Å². The van der Waals surface area contributed by atoms with Crippen molar-refractivity contribution in [1.29, 1.82) is 0 Å². The molecule has 5 heterocycles. The summed E-state index contributed by atoms with van der Waals surface area (Å²) in [5.74, 6) is 0.0755. The van der Waals surface area contributed by atoms with Gasteiger partial charge in [-0.15, -0.1) is 0 Å². The van der Waals surface area contributed by atoms with Crippen molar-refractivity contribution in [3.8, 4) is 0 Å². The Bertz CT molecular complexity index is 1070. The number of carbonyl (C=O) groups excluding carboxylic acids is 2. The zero-order valence-corrected chi connectivity index (χ0v) is 27.5. The molecule has 0 aromatic rings. The van der Waals surface area contributed by atoms with Crippen molar-refractivity contribution in [3.63, 3.8) is 0 Å². The zero-order valence-electron chi connectivity index (χ0n) is 26.7. The Hall–Kier alpha value is -1.47. The van der Waals surface area contributed by atoms with E-state index >= 15 is 8.78 Å². The Labute approximate surface area is 265 Å². The maximum atomic E-state index is 16.6. The van der Waals surface area contributed by atoms with E-state index in [2.05, 4.69) is 48.2 Å². The lowest BCUT2D eigenvalue weighted by Gasteiger charge is -2.60. The molecular formula is C32H52F2N6O3S. The lowest BCUT2D eigenvalue weighted by molar-refractivity contribution is -0.138. The van der Waals surface area contributed by atoms with Gasteiger partial charge in [-0.3, -0.25) is 15.0 Å². The van der Waals surface area contributed by atoms with Gasteiger partial charge in [0.2, 0.25) is 5.91 Å². The first-order chi connectivity index (χ1) is 21.1. The highest BCUT2D eigenvalue weighted by atomic mass is 32.2. The second kappa shape index (κ2) is 13.3. The quantitative estimate of drug-likeness (QED) is 0.410. The largest absolute Gasteiger partial charge is 0.377 e. The number of fused-ring (bicyclic) bond motifs is 5. The van der Waals surface area contributed by atoms with Crippen molar-refractivity contribution < 1.29 is 23.1 Å². The van der Waals surface area contributed by atoms with Gasteiger partial charge in [0.15, 0.2) is 0 Å². The van der Waals surface area contributed by atoms with E-state index < -0.39 is 36.6 Å². The van der Waals surface area contributed by atoms with Crippen LogP contribution in [-0.4, -0.2) is 125 Å². The van der Waals surface area contributed by atoms with Crippen LogP contribution in [0.2, 0.25) is 0 Å². The van der Waals surface area contributed by atoms with Gasteiger partial charge in [-0.05, 0) is 64.5 Å². The fraction of sp³-hybridized carbons (Fsp3) is 0.875. The Morgan fingerprint density at radius 1 is 1.11 bits per heavy atom. The second-order valence-corrected chi connectivity index (χ2v) is 15.5. The van der Waals surface area contributed by atoms with Crippen LogP contribution < -0.4 is 16.0 Å². The SMILES string of the molecule is C=CC(=O)N1CCN(C2NC(=O)N3C4NC(C(F)CC42)C2C(F)CCCC2OCCSC2CCNC(C(C)C)C23)[C@@H](C)[C@H]1C. The van der Waals surface area contributed by atoms with Gasteiger partial charge in [-0.1, -0.05) is 20.4 Å². The molecule has 5 saturated heterocycles. The summed E-state index contributed by atoms with van der Waals surface area (Å²) in [6.07, 6.45) is 0.740. The highest BCUT2D eigenvalue weighted by molar-refractivity contribution is 8.00. The average Bonchev–Trinajstić information content (AvgIpc) is 2.99. The van der Waals surface area contributed by atoms with Crippen LogP contribution in [0.1, 0.15) is 59.8 Å². The summed E-state index contributed by atoms with van der Waals surface area (Å²) in [6.45, 7) is 14.6. The number of ether oxygens (including phenoxy) is 1. The first-order valence-electron chi connectivity index (χ1n) is 16.9. The minimum atomic E-state index is -1.28. The number of nitrogens with one attached hydrogen (secondary N) is 3. The summed E-state index contributed by atoms with van der Waals surface area (Å²) >= 11 is 1.86.